The zero-order valence-electron chi connectivity index (χ0n) is 15.5. The highest BCUT2D eigenvalue weighted by Gasteiger charge is 2.19. The number of benzene rings is 2. The molecule has 0 radical (unpaired) electrons. The van der Waals surface area contributed by atoms with Gasteiger partial charge in [-0.25, -0.2) is 12.7 Å². The first-order valence-electron chi connectivity index (χ1n) is 8.08. The van der Waals surface area contributed by atoms with Crippen LogP contribution < -0.4 is 15.4 Å². The lowest BCUT2D eigenvalue weighted by Gasteiger charge is -2.17. The minimum atomic E-state index is -3.58. The molecule has 0 fully saturated rings. The lowest BCUT2D eigenvalue weighted by Crippen LogP contribution is -2.32. The maximum atomic E-state index is 12.4. The molecule has 0 spiro atoms. The van der Waals surface area contributed by atoms with Crippen LogP contribution in [-0.4, -0.2) is 45.9 Å². The van der Waals surface area contributed by atoms with Crippen molar-refractivity contribution < 1.29 is 17.9 Å². The Hall–Kier alpha value is -2.29. The van der Waals surface area contributed by atoms with Crippen LogP contribution >= 0.6 is 11.6 Å². The summed E-state index contributed by atoms with van der Waals surface area (Å²) in [6.07, 6.45) is 0. The van der Waals surface area contributed by atoms with Crippen LogP contribution in [0, 0.1) is 0 Å². The zero-order chi connectivity index (χ0) is 20.2. The first-order valence-corrected chi connectivity index (χ1v) is 9.90. The van der Waals surface area contributed by atoms with Crippen molar-refractivity contribution in [3.8, 4) is 5.75 Å². The molecule has 0 heterocycles. The third-order valence-electron chi connectivity index (χ3n) is 3.81. The first kappa shape index (κ1) is 21.0. The maximum Gasteiger partial charge on any atom is 0.246 e. The van der Waals surface area contributed by atoms with E-state index in [1.54, 1.807) is 37.3 Å². The number of hydrogen-bond donors (Lipinski definition) is 2. The highest BCUT2D eigenvalue weighted by atomic mass is 35.5. The molecule has 146 valence electrons. The molecule has 1 amide bonds. The van der Waals surface area contributed by atoms with Gasteiger partial charge in [-0.3, -0.25) is 4.79 Å². The van der Waals surface area contributed by atoms with Crippen LogP contribution in [0.4, 0.5) is 11.4 Å². The minimum Gasteiger partial charge on any atom is -0.495 e. The molecule has 0 aliphatic heterocycles. The second kappa shape index (κ2) is 8.60. The first-order chi connectivity index (χ1) is 12.6. The summed E-state index contributed by atoms with van der Waals surface area (Å²) < 4.78 is 30.6. The number of anilines is 2. The largest absolute Gasteiger partial charge is 0.495 e. The van der Waals surface area contributed by atoms with E-state index in [1.807, 2.05) is 0 Å². The van der Waals surface area contributed by atoms with Gasteiger partial charge in [0.25, 0.3) is 0 Å². The number of ether oxygens (including phenoxy) is 1. The molecule has 0 aliphatic rings. The van der Waals surface area contributed by atoms with Crippen molar-refractivity contribution in [3.63, 3.8) is 0 Å². The van der Waals surface area contributed by atoms with Gasteiger partial charge in [0.15, 0.2) is 0 Å². The van der Waals surface area contributed by atoms with Gasteiger partial charge in [-0.2, -0.15) is 0 Å². The molecular formula is C18H22ClN3O4S. The molecule has 2 rings (SSSR count). The molecule has 2 aromatic carbocycles. The molecule has 2 aromatic rings. The number of rotatable bonds is 7. The van der Waals surface area contributed by atoms with Gasteiger partial charge in [-0.05, 0) is 43.3 Å². The smallest absolute Gasteiger partial charge is 0.246 e. The van der Waals surface area contributed by atoms with Crippen molar-refractivity contribution in [3.05, 3.63) is 47.5 Å². The number of carbonyl (C=O) groups excluding carboxylic acids is 1. The van der Waals surface area contributed by atoms with Gasteiger partial charge in [0.05, 0.1) is 17.0 Å². The van der Waals surface area contributed by atoms with E-state index < -0.39 is 16.1 Å². The van der Waals surface area contributed by atoms with Crippen LogP contribution in [0.5, 0.6) is 5.75 Å². The van der Waals surface area contributed by atoms with E-state index in [2.05, 4.69) is 10.6 Å². The Morgan fingerprint density at radius 1 is 1.15 bits per heavy atom. The molecular weight excluding hydrogens is 390 g/mol. The molecule has 7 nitrogen and oxygen atoms in total. The molecule has 0 aliphatic carbocycles. The van der Waals surface area contributed by atoms with Crippen molar-refractivity contribution in [2.75, 3.05) is 31.8 Å². The molecule has 0 aromatic heterocycles. The Morgan fingerprint density at radius 2 is 1.85 bits per heavy atom. The summed E-state index contributed by atoms with van der Waals surface area (Å²) in [5.74, 6) is 0.222. The quantitative estimate of drug-likeness (QED) is 0.731. The summed E-state index contributed by atoms with van der Waals surface area (Å²) in [4.78, 5) is 12.5. The number of nitrogens with one attached hydrogen (secondary N) is 2. The summed E-state index contributed by atoms with van der Waals surface area (Å²) in [6.45, 7) is 1.69. The Balaban J connectivity index is 2.09. The van der Waals surface area contributed by atoms with Gasteiger partial charge in [-0.15, -0.1) is 0 Å². The fourth-order valence-electron chi connectivity index (χ4n) is 2.27. The molecule has 2 N–H and O–H groups in total. The molecule has 0 bridgehead atoms. The van der Waals surface area contributed by atoms with Gasteiger partial charge in [-0.1, -0.05) is 17.7 Å². The number of sulfonamides is 1. The highest BCUT2D eigenvalue weighted by molar-refractivity contribution is 7.89. The molecule has 0 saturated carbocycles. The number of nitrogens with zero attached hydrogens (tertiary/aromatic N) is 1. The van der Waals surface area contributed by atoms with E-state index >= 15 is 0 Å². The molecule has 0 unspecified atom stereocenters. The SMILES string of the molecule is COc1ccc(N[C@H](C)C(=O)Nc2cccc(S(=O)(=O)N(C)C)c2)cc1Cl. The molecule has 1 atom stereocenters. The summed E-state index contributed by atoms with van der Waals surface area (Å²) in [5, 5.41) is 6.17. The van der Waals surface area contributed by atoms with Crippen molar-refractivity contribution in [1.82, 2.24) is 4.31 Å². The van der Waals surface area contributed by atoms with Crippen LogP contribution in [0.3, 0.4) is 0 Å². The van der Waals surface area contributed by atoms with Crippen molar-refractivity contribution >= 4 is 38.9 Å². The second-order valence-corrected chi connectivity index (χ2v) is 8.58. The van der Waals surface area contributed by atoms with Gasteiger partial charge in [0.2, 0.25) is 15.9 Å². The summed E-state index contributed by atoms with van der Waals surface area (Å²) in [7, 11) is 0.849. The van der Waals surface area contributed by atoms with Crippen LogP contribution in [0.2, 0.25) is 5.02 Å². The second-order valence-electron chi connectivity index (χ2n) is 6.02. The number of methoxy groups -OCH3 is 1. The average Bonchev–Trinajstić information content (AvgIpc) is 2.62. The van der Waals surface area contributed by atoms with Gasteiger partial charge >= 0.3 is 0 Å². The van der Waals surface area contributed by atoms with Crippen molar-refractivity contribution in [1.29, 1.82) is 0 Å². The van der Waals surface area contributed by atoms with Crippen molar-refractivity contribution in [2.24, 2.45) is 0 Å². The van der Waals surface area contributed by atoms with E-state index in [0.29, 0.717) is 22.1 Å². The normalized spacial score (nSPS) is 12.5. The number of hydrogen-bond acceptors (Lipinski definition) is 5. The van der Waals surface area contributed by atoms with E-state index in [4.69, 9.17) is 16.3 Å². The zero-order valence-corrected chi connectivity index (χ0v) is 17.1. The van der Waals surface area contributed by atoms with Crippen LogP contribution in [0.25, 0.3) is 0 Å². The lowest BCUT2D eigenvalue weighted by atomic mass is 10.2. The van der Waals surface area contributed by atoms with E-state index in [1.165, 1.54) is 33.3 Å². The Kier molecular flexibility index (Phi) is 6.69. The van der Waals surface area contributed by atoms with E-state index in [9.17, 15) is 13.2 Å². The topological polar surface area (TPSA) is 87.7 Å². The van der Waals surface area contributed by atoms with Gasteiger partial charge < -0.3 is 15.4 Å². The Morgan fingerprint density at radius 3 is 2.44 bits per heavy atom. The fraction of sp³-hybridized carbons (Fsp3) is 0.278. The molecule has 0 saturated heterocycles. The number of carbonyl (C=O) groups is 1. The minimum absolute atomic E-state index is 0.104. The number of amides is 1. The van der Waals surface area contributed by atoms with Gasteiger partial charge in [0, 0.05) is 25.5 Å². The molecule has 9 heteroatoms. The van der Waals surface area contributed by atoms with E-state index in [-0.39, 0.29) is 10.8 Å². The fourth-order valence-corrected chi connectivity index (χ4v) is 3.47. The Bertz CT molecular complexity index is 932. The Labute approximate surface area is 164 Å². The standard InChI is InChI=1S/C18H22ClN3O4S/c1-12(20-14-8-9-17(26-4)16(19)11-14)18(23)21-13-6-5-7-15(10-13)27(24,25)22(2)3/h5-12,20H,1-4H3,(H,21,23)/t12-/m1/s1. The van der Waals surface area contributed by atoms with Gasteiger partial charge in [0.1, 0.15) is 11.8 Å². The lowest BCUT2D eigenvalue weighted by molar-refractivity contribution is -0.116. The highest BCUT2D eigenvalue weighted by Crippen LogP contribution is 2.27. The monoisotopic (exact) mass is 411 g/mol. The van der Waals surface area contributed by atoms with E-state index in [0.717, 1.165) is 4.31 Å². The summed E-state index contributed by atoms with van der Waals surface area (Å²) in [5.41, 5.74) is 1.05. The third-order valence-corrected chi connectivity index (χ3v) is 5.91. The summed E-state index contributed by atoms with van der Waals surface area (Å²) >= 11 is 6.08. The number of halogens is 1. The summed E-state index contributed by atoms with van der Waals surface area (Å²) in [6, 6.07) is 10.6. The maximum absolute atomic E-state index is 12.4. The predicted molar refractivity (Wildman–Crippen MR) is 107 cm³/mol. The van der Waals surface area contributed by atoms with Crippen LogP contribution in [0.15, 0.2) is 47.4 Å². The van der Waals surface area contributed by atoms with Crippen LogP contribution in [-0.2, 0) is 14.8 Å². The third kappa shape index (κ3) is 5.12. The van der Waals surface area contributed by atoms with Crippen molar-refractivity contribution in [2.45, 2.75) is 17.9 Å². The van der Waals surface area contributed by atoms with Crippen LogP contribution in [0.1, 0.15) is 6.92 Å². The average molecular weight is 412 g/mol. The molecule has 27 heavy (non-hydrogen) atoms. The predicted octanol–water partition coefficient (Wildman–Crippen LogP) is 3.04.